The van der Waals surface area contributed by atoms with Gasteiger partial charge in [-0.25, -0.2) is 4.98 Å². The topological polar surface area (TPSA) is 36.4 Å². The molecule has 0 bridgehead atoms. The predicted octanol–water partition coefficient (Wildman–Crippen LogP) is 2.87. The van der Waals surface area contributed by atoms with Crippen LogP contribution in [0.2, 0.25) is 0 Å². The second kappa shape index (κ2) is 6.65. The van der Waals surface area contributed by atoms with Crippen molar-refractivity contribution in [3.63, 3.8) is 0 Å². The summed E-state index contributed by atoms with van der Waals surface area (Å²) >= 11 is 1.66. The minimum Gasteiger partial charge on any atom is -0.332 e. The van der Waals surface area contributed by atoms with Crippen LogP contribution in [0, 0.1) is 6.92 Å². The van der Waals surface area contributed by atoms with Gasteiger partial charge in [-0.3, -0.25) is 9.69 Å². The van der Waals surface area contributed by atoms with Crippen molar-refractivity contribution in [3.8, 4) is 0 Å². The number of hydrogen-bond donors (Lipinski definition) is 0. The third kappa shape index (κ3) is 3.10. The van der Waals surface area contributed by atoms with Crippen LogP contribution < -0.4 is 0 Å². The number of thiazole rings is 1. The van der Waals surface area contributed by atoms with Gasteiger partial charge in [-0.2, -0.15) is 0 Å². The highest BCUT2D eigenvalue weighted by molar-refractivity contribution is 7.09. The molecule has 4 rings (SSSR count). The van der Waals surface area contributed by atoms with Crippen LogP contribution in [-0.2, 0) is 17.8 Å². The highest BCUT2D eigenvalue weighted by atomic mass is 32.1. The molecule has 2 saturated heterocycles. The quantitative estimate of drug-likeness (QED) is 0.839. The zero-order valence-electron chi connectivity index (χ0n) is 14.0. The van der Waals surface area contributed by atoms with Gasteiger partial charge < -0.3 is 4.90 Å². The smallest absolute Gasteiger partial charge is 0.224 e. The summed E-state index contributed by atoms with van der Waals surface area (Å²) in [4.78, 5) is 21.6. The van der Waals surface area contributed by atoms with E-state index in [0.29, 0.717) is 31.0 Å². The van der Waals surface area contributed by atoms with Crippen LogP contribution in [0.25, 0.3) is 0 Å². The number of fused-ring (bicyclic) bond motifs is 1. The Labute approximate surface area is 147 Å². The normalized spacial score (nSPS) is 23.9. The van der Waals surface area contributed by atoms with E-state index in [1.165, 1.54) is 5.56 Å². The van der Waals surface area contributed by atoms with E-state index < -0.39 is 0 Å². The standard InChI is InChI=1S/C19H23N3OS/c1-14-20-16(13-24-14)12-22-17-8-10-21(18(17)11-19(22)23)9-7-15-5-3-2-4-6-15/h2-6,13,17-18H,7-12H2,1H3/t17-,18+/m1/s1. The predicted molar refractivity (Wildman–Crippen MR) is 95.9 cm³/mol. The molecule has 1 aromatic heterocycles. The molecule has 2 aromatic rings. The highest BCUT2D eigenvalue weighted by Gasteiger charge is 2.46. The molecular formula is C19H23N3OS. The lowest BCUT2D eigenvalue weighted by Gasteiger charge is -2.25. The molecule has 0 radical (unpaired) electrons. The summed E-state index contributed by atoms with van der Waals surface area (Å²) in [6.45, 7) is 4.84. The molecule has 2 fully saturated rings. The van der Waals surface area contributed by atoms with Gasteiger partial charge in [0, 0.05) is 37.0 Å². The number of benzene rings is 1. The number of amides is 1. The zero-order chi connectivity index (χ0) is 16.5. The van der Waals surface area contributed by atoms with Gasteiger partial charge in [0.1, 0.15) is 0 Å². The van der Waals surface area contributed by atoms with Crippen LogP contribution in [0.5, 0.6) is 0 Å². The number of nitrogens with zero attached hydrogens (tertiary/aromatic N) is 3. The molecule has 3 heterocycles. The molecule has 0 aliphatic carbocycles. The molecule has 2 atom stereocenters. The van der Waals surface area contributed by atoms with Crippen molar-refractivity contribution in [2.75, 3.05) is 13.1 Å². The van der Waals surface area contributed by atoms with Crippen molar-refractivity contribution >= 4 is 17.2 Å². The summed E-state index contributed by atoms with van der Waals surface area (Å²) in [5.41, 5.74) is 2.41. The van der Waals surface area contributed by atoms with Crippen molar-refractivity contribution < 1.29 is 4.79 Å². The van der Waals surface area contributed by atoms with Crippen LogP contribution in [0.3, 0.4) is 0 Å². The average Bonchev–Trinajstić information content (AvgIpc) is 3.25. The largest absolute Gasteiger partial charge is 0.332 e. The van der Waals surface area contributed by atoms with Crippen LogP contribution in [-0.4, -0.2) is 45.9 Å². The molecular weight excluding hydrogens is 318 g/mol. The van der Waals surface area contributed by atoms with Crippen molar-refractivity contribution in [1.82, 2.24) is 14.8 Å². The summed E-state index contributed by atoms with van der Waals surface area (Å²) in [5, 5.41) is 3.15. The summed E-state index contributed by atoms with van der Waals surface area (Å²) in [6.07, 6.45) is 2.82. The molecule has 2 aliphatic heterocycles. The molecule has 1 amide bonds. The highest BCUT2D eigenvalue weighted by Crippen LogP contribution is 2.33. The van der Waals surface area contributed by atoms with Crippen molar-refractivity contribution in [3.05, 3.63) is 52.0 Å². The SMILES string of the molecule is Cc1nc(CN2C(=O)C[C@H]3[C@H]2CCN3CCc2ccccc2)cs1. The van der Waals surface area contributed by atoms with Crippen LogP contribution in [0.4, 0.5) is 0 Å². The van der Waals surface area contributed by atoms with E-state index in [2.05, 4.69) is 50.5 Å². The molecule has 0 spiro atoms. The van der Waals surface area contributed by atoms with Gasteiger partial charge in [0.25, 0.3) is 0 Å². The van der Waals surface area contributed by atoms with E-state index >= 15 is 0 Å². The number of aromatic nitrogens is 1. The molecule has 2 aliphatic rings. The first-order valence-electron chi connectivity index (χ1n) is 8.69. The molecule has 1 aromatic carbocycles. The number of carbonyl (C=O) groups excluding carboxylic acids is 1. The second-order valence-corrected chi connectivity index (χ2v) is 7.84. The van der Waals surface area contributed by atoms with Crippen molar-refractivity contribution in [2.45, 2.75) is 44.8 Å². The maximum Gasteiger partial charge on any atom is 0.224 e. The van der Waals surface area contributed by atoms with E-state index in [9.17, 15) is 4.79 Å². The lowest BCUT2D eigenvalue weighted by atomic mass is 10.1. The third-order valence-corrected chi connectivity index (χ3v) is 6.08. The lowest BCUT2D eigenvalue weighted by molar-refractivity contribution is -0.129. The van der Waals surface area contributed by atoms with Gasteiger partial charge in [-0.15, -0.1) is 11.3 Å². The summed E-state index contributed by atoms with van der Waals surface area (Å²) < 4.78 is 0. The molecule has 24 heavy (non-hydrogen) atoms. The first-order valence-corrected chi connectivity index (χ1v) is 9.57. The van der Waals surface area contributed by atoms with E-state index in [1.807, 2.05) is 6.92 Å². The molecule has 4 nitrogen and oxygen atoms in total. The molecule has 0 saturated carbocycles. The van der Waals surface area contributed by atoms with Gasteiger partial charge in [0.05, 0.1) is 17.2 Å². The molecule has 5 heteroatoms. The van der Waals surface area contributed by atoms with Gasteiger partial charge in [-0.05, 0) is 25.3 Å². The van der Waals surface area contributed by atoms with E-state index in [1.54, 1.807) is 11.3 Å². The summed E-state index contributed by atoms with van der Waals surface area (Å²) in [6, 6.07) is 11.4. The molecule has 0 unspecified atom stereocenters. The van der Waals surface area contributed by atoms with E-state index in [4.69, 9.17) is 0 Å². The lowest BCUT2D eigenvalue weighted by Crippen LogP contribution is -2.37. The average molecular weight is 341 g/mol. The number of aryl methyl sites for hydroxylation is 1. The Kier molecular flexibility index (Phi) is 4.37. The van der Waals surface area contributed by atoms with Gasteiger partial charge in [-0.1, -0.05) is 30.3 Å². The third-order valence-electron chi connectivity index (χ3n) is 5.26. The van der Waals surface area contributed by atoms with Crippen LogP contribution in [0.15, 0.2) is 35.7 Å². The van der Waals surface area contributed by atoms with Crippen LogP contribution >= 0.6 is 11.3 Å². The van der Waals surface area contributed by atoms with Crippen molar-refractivity contribution in [1.29, 1.82) is 0 Å². The zero-order valence-corrected chi connectivity index (χ0v) is 14.8. The van der Waals surface area contributed by atoms with Crippen LogP contribution in [0.1, 0.15) is 29.1 Å². The fraction of sp³-hybridized carbons (Fsp3) is 0.474. The monoisotopic (exact) mass is 341 g/mol. The second-order valence-electron chi connectivity index (χ2n) is 6.78. The maximum atomic E-state index is 12.5. The summed E-state index contributed by atoms with van der Waals surface area (Å²) in [7, 11) is 0. The Hall–Kier alpha value is -1.72. The fourth-order valence-electron chi connectivity index (χ4n) is 4.07. The molecule has 0 N–H and O–H groups in total. The van der Waals surface area contributed by atoms with E-state index in [0.717, 1.165) is 36.6 Å². The van der Waals surface area contributed by atoms with E-state index in [-0.39, 0.29) is 0 Å². The molecule has 126 valence electrons. The van der Waals surface area contributed by atoms with Crippen molar-refractivity contribution in [2.24, 2.45) is 0 Å². The van der Waals surface area contributed by atoms with Gasteiger partial charge in [0.15, 0.2) is 0 Å². The maximum absolute atomic E-state index is 12.5. The number of likely N-dealkylation sites (tertiary alicyclic amines) is 2. The Morgan fingerprint density at radius 3 is 2.83 bits per heavy atom. The number of carbonyl (C=O) groups is 1. The summed E-state index contributed by atoms with van der Waals surface area (Å²) in [5.74, 6) is 0.292. The minimum absolute atomic E-state index is 0.292. The number of hydrogen-bond acceptors (Lipinski definition) is 4. The Morgan fingerprint density at radius 1 is 1.25 bits per heavy atom. The Bertz CT molecular complexity index is 714. The Morgan fingerprint density at radius 2 is 2.08 bits per heavy atom. The fourth-order valence-corrected chi connectivity index (χ4v) is 4.67. The Balaban J connectivity index is 1.39. The minimum atomic E-state index is 0.292. The number of rotatable bonds is 5. The first kappa shape index (κ1) is 15.8. The first-order chi connectivity index (χ1) is 11.7. The van der Waals surface area contributed by atoms with Gasteiger partial charge in [0.2, 0.25) is 5.91 Å². The van der Waals surface area contributed by atoms with Gasteiger partial charge >= 0.3 is 0 Å².